The molecule has 0 saturated heterocycles. The number of methoxy groups -OCH3 is 1. The fraction of sp³-hybridized carbons (Fsp3) is 0.500. The predicted molar refractivity (Wildman–Crippen MR) is 72.5 cm³/mol. The van der Waals surface area contributed by atoms with E-state index < -0.39 is 0 Å². The Labute approximate surface area is 109 Å². The molecule has 4 heteroatoms. The summed E-state index contributed by atoms with van der Waals surface area (Å²) < 4.78 is 5.14. The lowest BCUT2D eigenvalue weighted by Crippen LogP contribution is -2.45. The van der Waals surface area contributed by atoms with E-state index in [4.69, 9.17) is 4.74 Å². The number of carbonyl (C=O) groups excluding carboxylic acids is 1. The van der Waals surface area contributed by atoms with Crippen molar-refractivity contribution in [2.45, 2.75) is 26.4 Å². The molecule has 0 heterocycles. The third-order valence-electron chi connectivity index (χ3n) is 2.86. The van der Waals surface area contributed by atoms with Gasteiger partial charge in [0.05, 0.1) is 13.2 Å². The second kappa shape index (κ2) is 7.01. The highest BCUT2D eigenvalue weighted by Crippen LogP contribution is 2.12. The highest BCUT2D eigenvalue weighted by molar-refractivity contribution is 5.81. The maximum absolute atomic E-state index is 11.9. The van der Waals surface area contributed by atoms with Crippen LogP contribution in [0.2, 0.25) is 0 Å². The number of benzene rings is 1. The molecule has 4 nitrogen and oxygen atoms in total. The first-order valence-corrected chi connectivity index (χ1v) is 6.16. The SMILES string of the molecule is CNC(C(=O)NCc1cccc(OC)c1)C(C)C. The van der Waals surface area contributed by atoms with Crippen LogP contribution < -0.4 is 15.4 Å². The fourth-order valence-corrected chi connectivity index (χ4v) is 1.85. The predicted octanol–water partition coefficient (Wildman–Crippen LogP) is 1.56. The van der Waals surface area contributed by atoms with Crippen LogP contribution in [0.15, 0.2) is 24.3 Å². The number of rotatable bonds is 6. The van der Waals surface area contributed by atoms with Crippen molar-refractivity contribution in [2.24, 2.45) is 5.92 Å². The summed E-state index contributed by atoms with van der Waals surface area (Å²) in [6.45, 7) is 4.56. The third-order valence-corrected chi connectivity index (χ3v) is 2.86. The molecule has 1 rings (SSSR count). The zero-order valence-corrected chi connectivity index (χ0v) is 11.5. The summed E-state index contributed by atoms with van der Waals surface area (Å²) >= 11 is 0. The summed E-state index contributed by atoms with van der Waals surface area (Å²) in [6, 6.07) is 7.53. The number of hydrogen-bond donors (Lipinski definition) is 2. The standard InChI is InChI=1S/C14H22N2O2/c1-10(2)13(15-3)14(17)16-9-11-6-5-7-12(8-11)18-4/h5-8,10,13,15H,9H2,1-4H3,(H,16,17). The zero-order chi connectivity index (χ0) is 13.5. The Morgan fingerprint density at radius 2 is 2.11 bits per heavy atom. The van der Waals surface area contributed by atoms with Gasteiger partial charge < -0.3 is 15.4 Å². The highest BCUT2D eigenvalue weighted by atomic mass is 16.5. The van der Waals surface area contributed by atoms with Crippen molar-refractivity contribution in [1.29, 1.82) is 0 Å². The molecule has 2 N–H and O–H groups in total. The van der Waals surface area contributed by atoms with Gasteiger partial charge in [0.25, 0.3) is 0 Å². The number of amides is 1. The normalized spacial score (nSPS) is 12.3. The van der Waals surface area contributed by atoms with Gasteiger partial charge in [-0.2, -0.15) is 0 Å². The summed E-state index contributed by atoms with van der Waals surface area (Å²) in [7, 11) is 3.43. The molecule has 0 aliphatic rings. The van der Waals surface area contributed by atoms with Crippen LogP contribution in [-0.2, 0) is 11.3 Å². The number of carbonyl (C=O) groups is 1. The van der Waals surface area contributed by atoms with Crippen LogP contribution in [0.4, 0.5) is 0 Å². The minimum absolute atomic E-state index is 0.0234. The average molecular weight is 250 g/mol. The summed E-state index contributed by atoms with van der Waals surface area (Å²) in [5.41, 5.74) is 1.03. The molecule has 1 atom stereocenters. The molecule has 0 bridgehead atoms. The Morgan fingerprint density at radius 1 is 1.39 bits per heavy atom. The fourth-order valence-electron chi connectivity index (χ4n) is 1.85. The van der Waals surface area contributed by atoms with E-state index in [9.17, 15) is 4.79 Å². The van der Waals surface area contributed by atoms with Crippen molar-refractivity contribution in [3.8, 4) is 5.75 Å². The lowest BCUT2D eigenvalue weighted by Gasteiger charge is -2.19. The topological polar surface area (TPSA) is 50.4 Å². The smallest absolute Gasteiger partial charge is 0.237 e. The van der Waals surface area contributed by atoms with Crippen molar-refractivity contribution in [2.75, 3.05) is 14.2 Å². The van der Waals surface area contributed by atoms with Crippen molar-refractivity contribution >= 4 is 5.91 Å². The Kier molecular flexibility index (Phi) is 5.65. The quantitative estimate of drug-likeness (QED) is 0.805. The van der Waals surface area contributed by atoms with Crippen LogP contribution in [0.5, 0.6) is 5.75 Å². The number of likely N-dealkylation sites (N-methyl/N-ethyl adjacent to an activating group) is 1. The van der Waals surface area contributed by atoms with Gasteiger partial charge in [0, 0.05) is 6.54 Å². The summed E-state index contributed by atoms with van der Waals surface area (Å²) in [5, 5.41) is 5.95. The Bertz CT molecular complexity index is 391. The second-order valence-electron chi connectivity index (χ2n) is 4.58. The van der Waals surface area contributed by atoms with Crippen LogP contribution in [0.1, 0.15) is 19.4 Å². The van der Waals surface area contributed by atoms with E-state index in [0.717, 1.165) is 11.3 Å². The molecule has 1 aromatic rings. The molecule has 1 aromatic carbocycles. The third kappa shape index (κ3) is 4.04. The van der Waals surface area contributed by atoms with Crippen LogP contribution in [-0.4, -0.2) is 26.1 Å². The second-order valence-corrected chi connectivity index (χ2v) is 4.58. The summed E-state index contributed by atoms with van der Waals surface area (Å²) in [4.78, 5) is 11.9. The molecule has 0 spiro atoms. The first-order valence-electron chi connectivity index (χ1n) is 6.16. The maximum atomic E-state index is 11.9. The van der Waals surface area contributed by atoms with Crippen molar-refractivity contribution in [3.05, 3.63) is 29.8 Å². The van der Waals surface area contributed by atoms with Gasteiger partial charge in [0.15, 0.2) is 0 Å². The Morgan fingerprint density at radius 3 is 2.67 bits per heavy atom. The molecule has 0 aliphatic carbocycles. The molecule has 1 amide bonds. The molecule has 0 radical (unpaired) electrons. The monoisotopic (exact) mass is 250 g/mol. The van der Waals surface area contributed by atoms with Crippen molar-refractivity contribution in [3.63, 3.8) is 0 Å². The summed E-state index contributed by atoms with van der Waals surface area (Å²) in [5.74, 6) is 1.09. The van der Waals surface area contributed by atoms with E-state index >= 15 is 0 Å². The molecular formula is C14H22N2O2. The first kappa shape index (κ1) is 14.5. The first-order chi connectivity index (χ1) is 8.58. The number of ether oxygens (including phenoxy) is 1. The van der Waals surface area contributed by atoms with Gasteiger partial charge in [0.2, 0.25) is 5.91 Å². The van der Waals surface area contributed by atoms with Crippen LogP contribution in [0.25, 0.3) is 0 Å². The molecule has 0 aliphatic heterocycles. The van der Waals surface area contributed by atoms with E-state index in [0.29, 0.717) is 6.54 Å². The van der Waals surface area contributed by atoms with Gasteiger partial charge in [0.1, 0.15) is 5.75 Å². The molecule has 100 valence electrons. The average Bonchev–Trinajstić information content (AvgIpc) is 2.37. The highest BCUT2D eigenvalue weighted by Gasteiger charge is 2.19. The molecule has 0 saturated carbocycles. The van der Waals surface area contributed by atoms with Gasteiger partial charge >= 0.3 is 0 Å². The van der Waals surface area contributed by atoms with Crippen LogP contribution in [0, 0.1) is 5.92 Å². The van der Waals surface area contributed by atoms with E-state index in [2.05, 4.69) is 10.6 Å². The minimum Gasteiger partial charge on any atom is -0.497 e. The lowest BCUT2D eigenvalue weighted by atomic mass is 10.0. The maximum Gasteiger partial charge on any atom is 0.237 e. The van der Waals surface area contributed by atoms with Gasteiger partial charge in [-0.05, 0) is 30.7 Å². The van der Waals surface area contributed by atoms with E-state index in [1.165, 1.54) is 0 Å². The molecule has 1 unspecified atom stereocenters. The van der Waals surface area contributed by atoms with Gasteiger partial charge in [-0.3, -0.25) is 4.79 Å². The van der Waals surface area contributed by atoms with E-state index in [-0.39, 0.29) is 17.9 Å². The molecule has 0 fully saturated rings. The molecule has 18 heavy (non-hydrogen) atoms. The largest absolute Gasteiger partial charge is 0.497 e. The number of hydrogen-bond acceptors (Lipinski definition) is 3. The van der Waals surface area contributed by atoms with Crippen LogP contribution >= 0.6 is 0 Å². The zero-order valence-electron chi connectivity index (χ0n) is 11.5. The Balaban J connectivity index is 2.56. The molecular weight excluding hydrogens is 228 g/mol. The Hall–Kier alpha value is -1.55. The van der Waals surface area contributed by atoms with E-state index in [1.807, 2.05) is 38.1 Å². The van der Waals surface area contributed by atoms with Crippen LogP contribution in [0.3, 0.4) is 0 Å². The number of nitrogens with one attached hydrogen (secondary N) is 2. The lowest BCUT2D eigenvalue weighted by molar-refractivity contribution is -0.124. The minimum atomic E-state index is -0.157. The van der Waals surface area contributed by atoms with Gasteiger partial charge in [-0.1, -0.05) is 26.0 Å². The molecule has 0 aromatic heterocycles. The van der Waals surface area contributed by atoms with Crippen molar-refractivity contribution < 1.29 is 9.53 Å². The summed E-state index contributed by atoms with van der Waals surface area (Å²) in [6.07, 6.45) is 0. The van der Waals surface area contributed by atoms with Crippen molar-refractivity contribution in [1.82, 2.24) is 10.6 Å². The van der Waals surface area contributed by atoms with Gasteiger partial charge in [-0.25, -0.2) is 0 Å². The van der Waals surface area contributed by atoms with Gasteiger partial charge in [-0.15, -0.1) is 0 Å². The van der Waals surface area contributed by atoms with E-state index in [1.54, 1.807) is 14.2 Å².